The summed E-state index contributed by atoms with van der Waals surface area (Å²) in [4.78, 5) is 14.0. The molecule has 0 aromatic carbocycles. The summed E-state index contributed by atoms with van der Waals surface area (Å²) in [5.74, 6) is 0. The predicted octanol–water partition coefficient (Wildman–Crippen LogP) is -0.0543. The van der Waals surface area contributed by atoms with Crippen molar-refractivity contribution >= 4 is 0 Å². The molecule has 0 rings (SSSR count). The van der Waals surface area contributed by atoms with E-state index < -0.39 is 0 Å². The van der Waals surface area contributed by atoms with E-state index in [1.54, 1.807) is 0 Å². The SMILES string of the molecule is O=O.[O-2].[Zn+2]. The molecule has 4 heavy (non-hydrogen) atoms. The van der Waals surface area contributed by atoms with Gasteiger partial charge in [0.25, 0.3) is 0 Å². The first-order chi connectivity index (χ1) is 1.00. The average Bonchev–Trinajstić information content (AvgIpc) is 1.00. The summed E-state index contributed by atoms with van der Waals surface area (Å²) in [5.41, 5.74) is 0. The first-order valence-corrected chi connectivity index (χ1v) is 0.167. The first-order valence-electron chi connectivity index (χ1n) is 0.167. The fourth-order valence-corrected chi connectivity index (χ4v) is 0. The van der Waals surface area contributed by atoms with Gasteiger partial charge in [-0.3, -0.25) is 0 Å². The van der Waals surface area contributed by atoms with Crippen LogP contribution >= 0.6 is 0 Å². The molecule has 0 aromatic heterocycles. The summed E-state index contributed by atoms with van der Waals surface area (Å²) in [7, 11) is 0. The molecule has 4 heteroatoms. The van der Waals surface area contributed by atoms with Crippen LogP contribution in [0.25, 0.3) is 0 Å². The quantitative estimate of drug-likeness (QED) is 0.413. The van der Waals surface area contributed by atoms with Crippen molar-refractivity contribution in [3.8, 4) is 0 Å². The van der Waals surface area contributed by atoms with E-state index in [9.17, 15) is 0 Å². The van der Waals surface area contributed by atoms with Crippen LogP contribution in [-0.2, 0) is 25.0 Å². The third-order valence-electron chi connectivity index (χ3n) is 0. The zero-order chi connectivity index (χ0) is 2.00. The van der Waals surface area contributed by atoms with Gasteiger partial charge in [0.05, 0.1) is 0 Å². The minimum absolute atomic E-state index is 0. The van der Waals surface area contributed by atoms with Gasteiger partial charge in [0, 0.05) is 9.93 Å². The molecule has 20 valence electrons. The van der Waals surface area contributed by atoms with Gasteiger partial charge in [-0.05, 0) is 0 Å². The molecule has 0 radical (unpaired) electrons. The maximum Gasteiger partial charge on any atom is 2.00 e. The molecule has 0 spiro atoms. The van der Waals surface area contributed by atoms with Crippen LogP contribution in [0, 0.1) is 9.93 Å². The van der Waals surface area contributed by atoms with Gasteiger partial charge >= 0.3 is 19.5 Å². The summed E-state index contributed by atoms with van der Waals surface area (Å²) < 4.78 is 0. The van der Waals surface area contributed by atoms with Crippen molar-refractivity contribution in [3.05, 3.63) is 9.93 Å². The minimum Gasteiger partial charge on any atom is -2.00 e. The molecular weight excluding hydrogens is 113 g/mol. The molecule has 0 aliphatic rings. The molecule has 0 bridgehead atoms. The van der Waals surface area contributed by atoms with Crippen LogP contribution < -0.4 is 0 Å². The fourth-order valence-electron chi connectivity index (χ4n) is 0. The summed E-state index contributed by atoms with van der Waals surface area (Å²) >= 11 is 0. The van der Waals surface area contributed by atoms with E-state index in [2.05, 4.69) is 0 Å². The van der Waals surface area contributed by atoms with Gasteiger partial charge in [-0.1, -0.05) is 0 Å². The van der Waals surface area contributed by atoms with Crippen molar-refractivity contribution in [3.63, 3.8) is 0 Å². The Morgan fingerprint density at radius 3 is 1.00 bits per heavy atom. The Bertz CT molecular complexity index is 3.25. The first kappa shape index (κ1) is 30.3. The Kier molecular flexibility index (Phi) is 3420. The van der Waals surface area contributed by atoms with Crippen LogP contribution in [0.2, 0.25) is 0 Å². The van der Waals surface area contributed by atoms with Crippen molar-refractivity contribution in [1.82, 2.24) is 0 Å². The van der Waals surface area contributed by atoms with E-state index in [0.29, 0.717) is 0 Å². The monoisotopic (exact) mass is 112 g/mol. The summed E-state index contributed by atoms with van der Waals surface area (Å²) in [6.45, 7) is 0. The molecule has 3 nitrogen and oxygen atoms in total. The third-order valence-corrected chi connectivity index (χ3v) is 0. The van der Waals surface area contributed by atoms with Gasteiger partial charge in [-0.2, -0.15) is 0 Å². The topological polar surface area (TPSA) is 62.6 Å². The maximum absolute atomic E-state index is 7.00. The van der Waals surface area contributed by atoms with Crippen LogP contribution in [0.1, 0.15) is 0 Å². The van der Waals surface area contributed by atoms with Crippen LogP contribution in [0.3, 0.4) is 0 Å². The Labute approximate surface area is 35.7 Å². The average molecular weight is 113 g/mol. The maximum atomic E-state index is 7.00. The van der Waals surface area contributed by atoms with E-state index in [0.717, 1.165) is 0 Å². The van der Waals surface area contributed by atoms with E-state index in [1.165, 1.54) is 0 Å². The molecule has 0 amide bonds. The van der Waals surface area contributed by atoms with Crippen LogP contribution in [0.15, 0.2) is 0 Å². The molecule has 0 saturated heterocycles. The summed E-state index contributed by atoms with van der Waals surface area (Å²) in [6, 6.07) is 0. The molecule has 0 unspecified atom stereocenters. The van der Waals surface area contributed by atoms with E-state index in [-0.39, 0.29) is 25.0 Å². The van der Waals surface area contributed by atoms with Crippen LogP contribution in [0.5, 0.6) is 0 Å². The van der Waals surface area contributed by atoms with Crippen molar-refractivity contribution in [2.75, 3.05) is 0 Å². The van der Waals surface area contributed by atoms with Gasteiger partial charge in [0.15, 0.2) is 0 Å². The van der Waals surface area contributed by atoms with Gasteiger partial charge < -0.3 is 5.48 Å². The van der Waals surface area contributed by atoms with Gasteiger partial charge in [0.2, 0.25) is 0 Å². The second-order valence-electron chi connectivity index (χ2n) is 0. The smallest absolute Gasteiger partial charge is 2.00 e. The Balaban J connectivity index is -0.00000000500. The molecule has 0 fully saturated rings. The van der Waals surface area contributed by atoms with E-state index >= 15 is 0 Å². The predicted molar refractivity (Wildman–Crippen MR) is 7.42 cm³/mol. The molecule has 0 aliphatic heterocycles. The molecule has 0 atom stereocenters. The largest absolute Gasteiger partial charge is 2.00 e. The summed E-state index contributed by atoms with van der Waals surface area (Å²) in [5, 5.41) is 0. The van der Waals surface area contributed by atoms with Gasteiger partial charge in [0.1, 0.15) is 0 Å². The Hall–Kier alpha value is 0.183. The zero-order valence-corrected chi connectivity index (χ0v) is 4.90. The van der Waals surface area contributed by atoms with Crippen molar-refractivity contribution in [2.24, 2.45) is 0 Å². The minimum atomic E-state index is 0. The molecule has 0 aliphatic carbocycles. The van der Waals surface area contributed by atoms with Crippen molar-refractivity contribution in [1.29, 1.82) is 0 Å². The molecule has 0 N–H and O–H groups in total. The van der Waals surface area contributed by atoms with Crippen molar-refractivity contribution < 1.29 is 25.0 Å². The van der Waals surface area contributed by atoms with Crippen molar-refractivity contribution in [2.45, 2.75) is 0 Å². The third kappa shape index (κ3) is 90.9. The Morgan fingerprint density at radius 1 is 1.00 bits per heavy atom. The zero-order valence-electron chi connectivity index (χ0n) is 1.93. The second-order valence-corrected chi connectivity index (χ2v) is 0. The number of hydrogen-bond acceptors (Lipinski definition) is 2. The van der Waals surface area contributed by atoms with E-state index in [4.69, 9.17) is 9.93 Å². The van der Waals surface area contributed by atoms with Gasteiger partial charge in [-0.15, -0.1) is 0 Å². The molecule has 0 heterocycles. The fraction of sp³-hybridized carbons (Fsp3) is 0. The molecule has 0 saturated carbocycles. The molecule has 0 aromatic rings. The number of rotatable bonds is 0. The van der Waals surface area contributed by atoms with Gasteiger partial charge in [-0.25, -0.2) is 0 Å². The number of hydrogen-bond donors (Lipinski definition) is 0. The van der Waals surface area contributed by atoms with E-state index in [1.807, 2.05) is 0 Å². The van der Waals surface area contributed by atoms with Crippen LogP contribution in [0.4, 0.5) is 0 Å². The second kappa shape index (κ2) is 451. The summed E-state index contributed by atoms with van der Waals surface area (Å²) in [6.07, 6.45) is 0. The van der Waals surface area contributed by atoms with Crippen LogP contribution in [-0.4, -0.2) is 0 Å². The molecular formula is O3Zn. The standard InChI is InChI=1S/O2.O.Zn/c1-2;;/q;-2;+2. The normalized spacial score (nSPS) is 1.00. The Morgan fingerprint density at radius 2 is 1.00 bits per heavy atom.